The molecule has 2 rings (SSSR count). The molecule has 2 unspecified atom stereocenters. The van der Waals surface area contributed by atoms with Gasteiger partial charge in [-0.05, 0) is 55.4 Å². The van der Waals surface area contributed by atoms with Crippen LogP contribution in [0, 0.1) is 0 Å². The molecule has 2 heterocycles. The van der Waals surface area contributed by atoms with Gasteiger partial charge in [-0.1, -0.05) is 0 Å². The first-order valence-electron chi connectivity index (χ1n) is 5.85. The minimum atomic E-state index is 0.262. The highest BCUT2D eigenvalue weighted by Gasteiger charge is 2.22. The Kier molecular flexibility index (Phi) is 4.05. The van der Waals surface area contributed by atoms with Crippen molar-refractivity contribution in [2.45, 2.75) is 31.8 Å². The van der Waals surface area contributed by atoms with Crippen LogP contribution in [-0.2, 0) is 0 Å². The van der Waals surface area contributed by atoms with Crippen molar-refractivity contribution in [1.82, 2.24) is 10.2 Å². The zero-order valence-electron chi connectivity index (χ0n) is 9.87. The molecule has 0 saturated carbocycles. The first kappa shape index (κ1) is 12.1. The lowest BCUT2D eigenvalue weighted by Gasteiger charge is -2.22. The summed E-state index contributed by atoms with van der Waals surface area (Å²) in [5.41, 5.74) is 0. The van der Waals surface area contributed by atoms with E-state index in [0.29, 0.717) is 6.04 Å². The maximum Gasteiger partial charge on any atom is 0.134 e. The van der Waals surface area contributed by atoms with E-state index in [4.69, 9.17) is 4.42 Å². The first-order valence-corrected chi connectivity index (χ1v) is 6.64. The Morgan fingerprint density at radius 3 is 3.06 bits per heavy atom. The first-order chi connectivity index (χ1) is 7.68. The van der Waals surface area contributed by atoms with Gasteiger partial charge in [-0.15, -0.1) is 0 Å². The van der Waals surface area contributed by atoms with Crippen LogP contribution in [0.4, 0.5) is 0 Å². The van der Waals surface area contributed by atoms with Crippen LogP contribution in [-0.4, -0.2) is 31.1 Å². The Balaban J connectivity index is 1.84. The van der Waals surface area contributed by atoms with E-state index in [-0.39, 0.29) is 6.04 Å². The van der Waals surface area contributed by atoms with Gasteiger partial charge in [0.2, 0.25) is 0 Å². The summed E-state index contributed by atoms with van der Waals surface area (Å²) in [6.07, 6.45) is 4.34. The summed E-state index contributed by atoms with van der Waals surface area (Å²) in [5.74, 6) is 0.987. The van der Waals surface area contributed by atoms with Crippen LogP contribution < -0.4 is 5.32 Å². The molecular formula is C12H19BrN2O. The molecule has 0 spiro atoms. The lowest BCUT2D eigenvalue weighted by Crippen LogP contribution is -2.36. The molecule has 90 valence electrons. The number of halogens is 1. The summed E-state index contributed by atoms with van der Waals surface area (Å²) >= 11 is 3.49. The highest BCUT2D eigenvalue weighted by Crippen LogP contribution is 2.24. The van der Waals surface area contributed by atoms with Crippen LogP contribution in [0.25, 0.3) is 0 Å². The SMILES string of the molecule is CC(NCC1CCCN1C)c1occc1Br. The predicted molar refractivity (Wildman–Crippen MR) is 68.5 cm³/mol. The second-order valence-corrected chi connectivity index (χ2v) is 5.39. The number of likely N-dealkylation sites (N-methyl/N-ethyl adjacent to an activating group) is 1. The number of hydrogen-bond donors (Lipinski definition) is 1. The summed E-state index contributed by atoms with van der Waals surface area (Å²) < 4.78 is 6.49. The second kappa shape index (κ2) is 5.34. The molecular weight excluding hydrogens is 268 g/mol. The smallest absolute Gasteiger partial charge is 0.134 e. The van der Waals surface area contributed by atoms with E-state index in [1.54, 1.807) is 6.26 Å². The van der Waals surface area contributed by atoms with Crippen LogP contribution in [0.1, 0.15) is 31.6 Å². The Hall–Kier alpha value is -0.320. The van der Waals surface area contributed by atoms with Crippen molar-refractivity contribution in [2.24, 2.45) is 0 Å². The quantitative estimate of drug-likeness (QED) is 0.923. The number of likely N-dealkylation sites (tertiary alicyclic amines) is 1. The standard InChI is InChI=1S/C12H19BrN2O/c1-9(12-11(13)5-7-16-12)14-8-10-4-3-6-15(10)2/h5,7,9-10,14H,3-4,6,8H2,1-2H3. The summed E-state index contributed by atoms with van der Waals surface area (Å²) in [4.78, 5) is 2.43. The lowest BCUT2D eigenvalue weighted by atomic mass is 10.2. The Bertz CT molecular complexity index is 340. The lowest BCUT2D eigenvalue weighted by molar-refractivity contribution is 0.287. The number of nitrogens with zero attached hydrogens (tertiary/aromatic N) is 1. The molecule has 1 aliphatic heterocycles. The van der Waals surface area contributed by atoms with Gasteiger partial charge in [0.05, 0.1) is 16.8 Å². The second-order valence-electron chi connectivity index (χ2n) is 4.54. The Morgan fingerprint density at radius 2 is 2.50 bits per heavy atom. The van der Waals surface area contributed by atoms with E-state index < -0.39 is 0 Å². The monoisotopic (exact) mass is 286 g/mol. The van der Waals surface area contributed by atoms with Crippen molar-refractivity contribution in [3.63, 3.8) is 0 Å². The molecule has 1 aromatic rings. The third-order valence-corrected chi connectivity index (χ3v) is 4.02. The van der Waals surface area contributed by atoms with E-state index in [0.717, 1.165) is 16.8 Å². The van der Waals surface area contributed by atoms with Crippen molar-refractivity contribution < 1.29 is 4.42 Å². The average Bonchev–Trinajstić information content (AvgIpc) is 2.84. The molecule has 1 saturated heterocycles. The van der Waals surface area contributed by atoms with Crippen molar-refractivity contribution in [2.75, 3.05) is 20.1 Å². The van der Waals surface area contributed by atoms with E-state index in [9.17, 15) is 0 Å². The molecule has 0 bridgehead atoms. The van der Waals surface area contributed by atoms with E-state index in [1.165, 1.54) is 19.4 Å². The van der Waals surface area contributed by atoms with E-state index in [2.05, 4.69) is 40.1 Å². The van der Waals surface area contributed by atoms with Gasteiger partial charge in [0.15, 0.2) is 0 Å². The van der Waals surface area contributed by atoms with Gasteiger partial charge in [0.25, 0.3) is 0 Å². The Morgan fingerprint density at radius 1 is 1.69 bits per heavy atom. The van der Waals surface area contributed by atoms with Gasteiger partial charge in [0.1, 0.15) is 5.76 Å². The maximum atomic E-state index is 5.45. The number of hydrogen-bond acceptors (Lipinski definition) is 3. The Labute approximate surface area is 105 Å². The fraction of sp³-hybridized carbons (Fsp3) is 0.667. The number of nitrogens with one attached hydrogen (secondary N) is 1. The molecule has 1 aliphatic rings. The molecule has 1 aromatic heterocycles. The molecule has 0 aliphatic carbocycles. The highest BCUT2D eigenvalue weighted by atomic mass is 79.9. The van der Waals surface area contributed by atoms with Gasteiger partial charge in [0, 0.05) is 12.6 Å². The van der Waals surface area contributed by atoms with E-state index >= 15 is 0 Å². The number of rotatable bonds is 4. The highest BCUT2D eigenvalue weighted by molar-refractivity contribution is 9.10. The summed E-state index contributed by atoms with van der Waals surface area (Å²) in [5, 5.41) is 3.53. The van der Waals surface area contributed by atoms with Gasteiger partial charge < -0.3 is 14.6 Å². The largest absolute Gasteiger partial charge is 0.466 e. The van der Waals surface area contributed by atoms with Crippen LogP contribution >= 0.6 is 15.9 Å². The summed E-state index contributed by atoms with van der Waals surface area (Å²) in [6, 6.07) is 2.88. The molecule has 3 nitrogen and oxygen atoms in total. The topological polar surface area (TPSA) is 28.4 Å². The van der Waals surface area contributed by atoms with Crippen LogP contribution in [0.2, 0.25) is 0 Å². The third kappa shape index (κ3) is 2.67. The summed E-state index contributed by atoms with van der Waals surface area (Å²) in [7, 11) is 2.20. The van der Waals surface area contributed by atoms with Gasteiger partial charge in [-0.25, -0.2) is 0 Å². The molecule has 0 radical (unpaired) electrons. The minimum Gasteiger partial charge on any atom is -0.466 e. The number of furan rings is 1. The van der Waals surface area contributed by atoms with Gasteiger partial charge in [-0.2, -0.15) is 0 Å². The third-order valence-electron chi connectivity index (χ3n) is 3.37. The molecule has 16 heavy (non-hydrogen) atoms. The summed E-state index contributed by atoms with van der Waals surface area (Å²) in [6.45, 7) is 4.40. The molecule has 2 atom stereocenters. The van der Waals surface area contributed by atoms with Crippen LogP contribution in [0.15, 0.2) is 21.2 Å². The van der Waals surface area contributed by atoms with Crippen molar-refractivity contribution in [3.8, 4) is 0 Å². The van der Waals surface area contributed by atoms with Crippen molar-refractivity contribution in [3.05, 3.63) is 22.6 Å². The zero-order valence-corrected chi connectivity index (χ0v) is 11.5. The minimum absolute atomic E-state index is 0.262. The van der Waals surface area contributed by atoms with Gasteiger partial charge >= 0.3 is 0 Å². The van der Waals surface area contributed by atoms with Crippen molar-refractivity contribution >= 4 is 15.9 Å². The average molecular weight is 287 g/mol. The molecule has 0 amide bonds. The predicted octanol–water partition coefficient (Wildman–Crippen LogP) is 2.79. The molecule has 0 aromatic carbocycles. The molecule has 4 heteroatoms. The fourth-order valence-corrected chi connectivity index (χ4v) is 2.80. The van der Waals surface area contributed by atoms with Crippen LogP contribution in [0.3, 0.4) is 0 Å². The normalized spacial score (nSPS) is 23.8. The van der Waals surface area contributed by atoms with E-state index in [1.807, 2.05) is 6.07 Å². The molecule has 1 N–H and O–H groups in total. The van der Waals surface area contributed by atoms with Crippen molar-refractivity contribution in [1.29, 1.82) is 0 Å². The van der Waals surface area contributed by atoms with Crippen LogP contribution in [0.5, 0.6) is 0 Å². The fourth-order valence-electron chi connectivity index (χ4n) is 2.26. The molecule has 1 fully saturated rings. The maximum absolute atomic E-state index is 5.45. The van der Waals surface area contributed by atoms with Gasteiger partial charge in [-0.3, -0.25) is 0 Å². The zero-order chi connectivity index (χ0) is 11.5.